The van der Waals surface area contributed by atoms with Gasteiger partial charge in [-0.05, 0) is 36.6 Å². The highest BCUT2D eigenvalue weighted by Gasteiger charge is 2.30. The van der Waals surface area contributed by atoms with Crippen molar-refractivity contribution in [2.24, 2.45) is 0 Å². The van der Waals surface area contributed by atoms with E-state index in [2.05, 4.69) is 0 Å². The van der Waals surface area contributed by atoms with Crippen molar-refractivity contribution in [1.29, 1.82) is 0 Å². The van der Waals surface area contributed by atoms with Crippen LogP contribution in [0.1, 0.15) is 53.4 Å². The predicted molar refractivity (Wildman–Crippen MR) is 110 cm³/mol. The molecule has 0 saturated carbocycles. The van der Waals surface area contributed by atoms with Crippen molar-refractivity contribution in [3.63, 3.8) is 0 Å². The summed E-state index contributed by atoms with van der Waals surface area (Å²) in [6.07, 6.45) is 0.418. The maximum Gasteiger partial charge on any atom is 0.339 e. The zero-order valence-electron chi connectivity index (χ0n) is 17.6. The van der Waals surface area contributed by atoms with Gasteiger partial charge in [0.1, 0.15) is 0 Å². The number of hydrogen-bond donors (Lipinski definition) is 0. The van der Waals surface area contributed by atoms with Crippen LogP contribution in [0, 0.1) is 0 Å². The van der Waals surface area contributed by atoms with Gasteiger partial charge in [0.25, 0.3) is 0 Å². The van der Waals surface area contributed by atoms with Gasteiger partial charge in [0.05, 0.1) is 21.3 Å². The number of ketones is 1. The third kappa shape index (κ3) is 4.95. The third-order valence-corrected chi connectivity index (χ3v) is 4.63. The molecule has 0 aliphatic rings. The van der Waals surface area contributed by atoms with Crippen LogP contribution in [0.3, 0.4) is 0 Å². The van der Waals surface area contributed by atoms with E-state index in [1.54, 1.807) is 24.3 Å². The van der Waals surface area contributed by atoms with E-state index in [-0.39, 0.29) is 5.78 Å². The van der Waals surface area contributed by atoms with Gasteiger partial charge in [-0.3, -0.25) is 4.79 Å². The molecule has 0 amide bonds. The fourth-order valence-corrected chi connectivity index (χ4v) is 3.17. The lowest BCUT2D eigenvalue weighted by atomic mass is 9.90. The van der Waals surface area contributed by atoms with E-state index in [1.807, 2.05) is 26.0 Å². The molecular weight excluding hydrogens is 372 g/mol. The Kier molecular flexibility index (Phi) is 8.21. The van der Waals surface area contributed by atoms with E-state index in [1.165, 1.54) is 21.3 Å². The first-order valence-corrected chi connectivity index (χ1v) is 9.60. The Hall–Kier alpha value is -2.86. The van der Waals surface area contributed by atoms with Crippen LogP contribution in [0.15, 0.2) is 36.4 Å². The SMILES string of the molecule is CCCOC(C(=O)OC)c1c(CC)cccc1C(=O)c1ccc(OC)c(OC)c1. The van der Waals surface area contributed by atoms with E-state index >= 15 is 0 Å². The van der Waals surface area contributed by atoms with Crippen molar-refractivity contribution in [3.8, 4) is 11.5 Å². The molecule has 0 bridgehead atoms. The Morgan fingerprint density at radius 1 is 0.966 bits per heavy atom. The minimum atomic E-state index is -0.963. The standard InChI is InChI=1S/C23H28O6/c1-6-13-29-22(23(25)28-5)20-15(7-2)9-8-10-17(20)21(24)16-11-12-18(26-3)19(14-16)27-4/h8-12,14,22H,6-7,13H2,1-5H3. The predicted octanol–water partition coefficient (Wildman–Crippen LogP) is 4.14. The number of carbonyl (C=O) groups is 2. The summed E-state index contributed by atoms with van der Waals surface area (Å²) in [4.78, 5) is 25.9. The fourth-order valence-electron chi connectivity index (χ4n) is 3.17. The molecule has 156 valence electrons. The number of aryl methyl sites for hydroxylation is 1. The summed E-state index contributed by atoms with van der Waals surface area (Å²) in [7, 11) is 4.37. The van der Waals surface area contributed by atoms with Crippen LogP contribution in [-0.2, 0) is 20.7 Å². The molecule has 0 spiro atoms. The summed E-state index contributed by atoms with van der Waals surface area (Å²) >= 11 is 0. The van der Waals surface area contributed by atoms with Crippen LogP contribution in [-0.4, -0.2) is 39.7 Å². The lowest BCUT2D eigenvalue weighted by molar-refractivity contribution is -0.154. The zero-order valence-corrected chi connectivity index (χ0v) is 17.6. The summed E-state index contributed by atoms with van der Waals surface area (Å²) < 4.78 is 21.3. The highest BCUT2D eigenvalue weighted by atomic mass is 16.6. The number of methoxy groups -OCH3 is 3. The molecule has 1 atom stereocenters. The van der Waals surface area contributed by atoms with Crippen molar-refractivity contribution >= 4 is 11.8 Å². The van der Waals surface area contributed by atoms with Gasteiger partial charge in [-0.25, -0.2) is 4.79 Å². The largest absolute Gasteiger partial charge is 0.493 e. The Balaban J connectivity index is 2.60. The molecular formula is C23H28O6. The molecule has 0 radical (unpaired) electrons. The molecule has 6 nitrogen and oxygen atoms in total. The minimum absolute atomic E-state index is 0.231. The van der Waals surface area contributed by atoms with Crippen LogP contribution in [0.2, 0.25) is 0 Å². The number of hydrogen-bond acceptors (Lipinski definition) is 6. The molecule has 2 rings (SSSR count). The van der Waals surface area contributed by atoms with E-state index in [4.69, 9.17) is 18.9 Å². The van der Waals surface area contributed by atoms with Crippen molar-refractivity contribution in [1.82, 2.24) is 0 Å². The second kappa shape index (κ2) is 10.6. The van der Waals surface area contributed by atoms with Crippen LogP contribution >= 0.6 is 0 Å². The fraction of sp³-hybridized carbons (Fsp3) is 0.391. The number of benzene rings is 2. The Morgan fingerprint density at radius 3 is 2.28 bits per heavy atom. The quantitative estimate of drug-likeness (QED) is 0.441. The normalized spacial score (nSPS) is 11.6. The van der Waals surface area contributed by atoms with Gasteiger partial charge in [-0.2, -0.15) is 0 Å². The number of ether oxygens (including phenoxy) is 4. The first-order chi connectivity index (χ1) is 14.0. The van der Waals surface area contributed by atoms with Crippen molar-refractivity contribution in [3.05, 3.63) is 58.7 Å². The van der Waals surface area contributed by atoms with Crippen molar-refractivity contribution in [2.45, 2.75) is 32.8 Å². The molecule has 1 unspecified atom stereocenters. The van der Waals surface area contributed by atoms with Gasteiger partial charge in [-0.15, -0.1) is 0 Å². The average Bonchev–Trinajstić information content (AvgIpc) is 2.77. The van der Waals surface area contributed by atoms with Gasteiger partial charge >= 0.3 is 5.97 Å². The zero-order chi connectivity index (χ0) is 21.4. The Labute approximate surface area is 171 Å². The molecule has 0 fully saturated rings. The molecule has 2 aromatic rings. The molecule has 0 aliphatic heterocycles. The van der Waals surface area contributed by atoms with Crippen LogP contribution in [0.4, 0.5) is 0 Å². The second-order valence-electron chi connectivity index (χ2n) is 6.40. The summed E-state index contributed by atoms with van der Waals surface area (Å²) in [5.41, 5.74) is 2.25. The monoisotopic (exact) mass is 400 g/mol. The molecule has 0 heterocycles. The third-order valence-electron chi connectivity index (χ3n) is 4.63. The lowest BCUT2D eigenvalue weighted by Crippen LogP contribution is -2.22. The molecule has 0 aromatic heterocycles. The second-order valence-corrected chi connectivity index (χ2v) is 6.40. The van der Waals surface area contributed by atoms with Crippen LogP contribution in [0.5, 0.6) is 11.5 Å². The van der Waals surface area contributed by atoms with E-state index < -0.39 is 12.1 Å². The molecule has 0 saturated heterocycles. The van der Waals surface area contributed by atoms with Crippen LogP contribution in [0.25, 0.3) is 0 Å². The number of rotatable bonds is 10. The molecule has 2 aromatic carbocycles. The molecule has 29 heavy (non-hydrogen) atoms. The van der Waals surface area contributed by atoms with E-state index in [0.717, 1.165) is 12.0 Å². The highest BCUT2D eigenvalue weighted by molar-refractivity contribution is 6.11. The number of carbonyl (C=O) groups excluding carboxylic acids is 2. The summed E-state index contributed by atoms with van der Waals surface area (Å²) in [5.74, 6) is 0.231. The highest BCUT2D eigenvalue weighted by Crippen LogP contribution is 2.32. The Bertz CT molecular complexity index is 858. The smallest absolute Gasteiger partial charge is 0.339 e. The van der Waals surface area contributed by atoms with Gasteiger partial charge in [0.2, 0.25) is 0 Å². The van der Waals surface area contributed by atoms with Crippen LogP contribution < -0.4 is 9.47 Å². The Morgan fingerprint density at radius 2 is 1.69 bits per heavy atom. The van der Waals surface area contributed by atoms with Gasteiger partial charge < -0.3 is 18.9 Å². The van der Waals surface area contributed by atoms with Crippen molar-refractivity contribution in [2.75, 3.05) is 27.9 Å². The van der Waals surface area contributed by atoms with Crippen molar-refractivity contribution < 1.29 is 28.5 Å². The maximum atomic E-state index is 13.4. The van der Waals surface area contributed by atoms with E-state index in [9.17, 15) is 9.59 Å². The number of esters is 1. The molecule has 6 heteroatoms. The molecule has 0 aliphatic carbocycles. The topological polar surface area (TPSA) is 71.1 Å². The van der Waals surface area contributed by atoms with E-state index in [0.29, 0.717) is 41.2 Å². The maximum absolute atomic E-state index is 13.4. The van der Waals surface area contributed by atoms with Gasteiger partial charge in [0, 0.05) is 23.3 Å². The first-order valence-electron chi connectivity index (χ1n) is 9.60. The summed E-state index contributed by atoms with van der Waals surface area (Å²) in [6.45, 7) is 4.30. The first kappa shape index (κ1) is 22.4. The van der Waals surface area contributed by atoms with Gasteiger partial charge in [-0.1, -0.05) is 32.0 Å². The summed E-state index contributed by atoms with van der Waals surface area (Å²) in [5, 5.41) is 0. The van der Waals surface area contributed by atoms with Gasteiger partial charge in [0.15, 0.2) is 23.4 Å². The minimum Gasteiger partial charge on any atom is -0.493 e. The average molecular weight is 400 g/mol. The summed E-state index contributed by atoms with van der Waals surface area (Å²) in [6, 6.07) is 10.4. The lowest BCUT2D eigenvalue weighted by Gasteiger charge is -2.21. The molecule has 0 N–H and O–H groups in total.